The Morgan fingerprint density at radius 3 is 2.80 bits per heavy atom. The van der Waals surface area contributed by atoms with Crippen LogP contribution in [0.3, 0.4) is 0 Å². The summed E-state index contributed by atoms with van der Waals surface area (Å²) in [6.45, 7) is 5.54. The first-order valence-corrected chi connectivity index (χ1v) is 9.27. The van der Waals surface area contributed by atoms with Crippen LogP contribution in [-0.2, 0) is 21.5 Å². The highest BCUT2D eigenvalue weighted by atomic mass is 16.2. The first-order valence-electron chi connectivity index (χ1n) is 9.27. The maximum Gasteiger partial charge on any atom is 0.254 e. The lowest BCUT2D eigenvalue weighted by atomic mass is 9.83. The van der Waals surface area contributed by atoms with Gasteiger partial charge in [0, 0.05) is 24.0 Å². The zero-order valence-electron chi connectivity index (χ0n) is 15.0. The van der Waals surface area contributed by atoms with E-state index >= 15 is 0 Å². The van der Waals surface area contributed by atoms with Gasteiger partial charge in [0.2, 0.25) is 5.91 Å². The molecule has 5 nitrogen and oxygen atoms in total. The molecule has 2 aliphatic heterocycles. The number of para-hydroxylation sites is 1. The van der Waals surface area contributed by atoms with Crippen molar-refractivity contribution in [3.05, 3.63) is 35.5 Å². The molecule has 5 heteroatoms. The summed E-state index contributed by atoms with van der Waals surface area (Å²) >= 11 is 0. The van der Waals surface area contributed by atoms with Crippen molar-refractivity contribution in [2.75, 3.05) is 19.6 Å². The van der Waals surface area contributed by atoms with E-state index in [0.717, 1.165) is 36.9 Å². The molecule has 2 amide bonds. The van der Waals surface area contributed by atoms with Gasteiger partial charge in [0.25, 0.3) is 5.91 Å². The third-order valence-corrected chi connectivity index (χ3v) is 5.79. The molecule has 0 spiro atoms. The Labute approximate surface area is 148 Å². The van der Waals surface area contributed by atoms with E-state index in [4.69, 9.17) is 0 Å². The quantitative estimate of drug-likeness (QED) is 0.871. The molecule has 4 rings (SSSR count). The Hall–Kier alpha value is -2.30. The van der Waals surface area contributed by atoms with Crippen molar-refractivity contribution in [2.24, 2.45) is 0 Å². The molecule has 3 heterocycles. The molecule has 0 aliphatic carbocycles. The van der Waals surface area contributed by atoms with Gasteiger partial charge in [0.05, 0.1) is 12.2 Å². The van der Waals surface area contributed by atoms with Gasteiger partial charge in [-0.2, -0.15) is 0 Å². The fraction of sp³-hybridized carbons (Fsp3) is 0.500. The molecule has 1 aromatic heterocycles. The van der Waals surface area contributed by atoms with E-state index < -0.39 is 5.54 Å². The second-order valence-electron chi connectivity index (χ2n) is 7.33. The smallest absolute Gasteiger partial charge is 0.254 e. The number of hydrogen-bond donors (Lipinski definition) is 1. The minimum absolute atomic E-state index is 0.0516. The van der Waals surface area contributed by atoms with E-state index in [1.807, 2.05) is 25.1 Å². The van der Waals surface area contributed by atoms with Crippen LogP contribution in [0.1, 0.15) is 44.4 Å². The van der Waals surface area contributed by atoms with Gasteiger partial charge in [-0.1, -0.05) is 38.0 Å². The summed E-state index contributed by atoms with van der Waals surface area (Å²) in [4.78, 5) is 33.1. The molecule has 1 N–H and O–H groups in total. The largest absolute Gasteiger partial charge is 0.356 e. The minimum Gasteiger partial charge on any atom is -0.356 e. The maximum atomic E-state index is 13.4. The van der Waals surface area contributed by atoms with Gasteiger partial charge >= 0.3 is 0 Å². The molecule has 1 atom stereocenters. The summed E-state index contributed by atoms with van der Waals surface area (Å²) in [5, 5.41) is 1.17. The van der Waals surface area contributed by atoms with Crippen LogP contribution in [0.2, 0.25) is 0 Å². The standard InChI is InChI=1S/C20H25N3O2/c1-3-4-7-11-22-13-17(24)23-12-10-15-14-8-5-6-9-16(14)21-18(15)20(23,2)19(22)25/h5-6,8-9,21H,3-4,7,10-13H2,1-2H3/t20-/m0/s1. The van der Waals surface area contributed by atoms with Crippen LogP contribution in [0.4, 0.5) is 0 Å². The Balaban J connectivity index is 1.78. The van der Waals surface area contributed by atoms with Crippen LogP contribution >= 0.6 is 0 Å². The summed E-state index contributed by atoms with van der Waals surface area (Å²) in [6, 6.07) is 8.15. The van der Waals surface area contributed by atoms with Crippen LogP contribution in [-0.4, -0.2) is 46.2 Å². The second kappa shape index (κ2) is 5.90. The van der Waals surface area contributed by atoms with E-state index in [1.165, 1.54) is 10.9 Å². The molecule has 25 heavy (non-hydrogen) atoms. The number of hydrogen-bond acceptors (Lipinski definition) is 2. The Bertz CT molecular complexity index is 841. The first-order chi connectivity index (χ1) is 12.1. The Morgan fingerprint density at radius 1 is 1.20 bits per heavy atom. The lowest BCUT2D eigenvalue weighted by Crippen LogP contribution is -2.67. The highest BCUT2D eigenvalue weighted by molar-refractivity contribution is 6.00. The normalized spacial score (nSPS) is 23.1. The lowest BCUT2D eigenvalue weighted by Gasteiger charge is -2.49. The van der Waals surface area contributed by atoms with Crippen molar-refractivity contribution in [3.8, 4) is 0 Å². The minimum atomic E-state index is -0.909. The van der Waals surface area contributed by atoms with E-state index in [1.54, 1.807) is 9.80 Å². The number of carbonyl (C=O) groups excluding carboxylic acids is 2. The third kappa shape index (κ3) is 2.29. The predicted molar refractivity (Wildman–Crippen MR) is 97.2 cm³/mol. The monoisotopic (exact) mass is 339 g/mol. The van der Waals surface area contributed by atoms with Crippen molar-refractivity contribution in [1.29, 1.82) is 0 Å². The van der Waals surface area contributed by atoms with Gasteiger partial charge in [-0.15, -0.1) is 0 Å². The number of benzene rings is 1. The number of H-pyrrole nitrogens is 1. The predicted octanol–water partition coefficient (Wildman–Crippen LogP) is 2.80. The van der Waals surface area contributed by atoms with Gasteiger partial charge in [0.15, 0.2) is 5.54 Å². The number of aromatic nitrogens is 1. The Morgan fingerprint density at radius 2 is 2.00 bits per heavy atom. The number of carbonyl (C=O) groups is 2. The molecular weight excluding hydrogens is 314 g/mol. The van der Waals surface area contributed by atoms with Crippen LogP contribution in [0.5, 0.6) is 0 Å². The number of nitrogens with zero attached hydrogens (tertiary/aromatic N) is 2. The molecule has 2 aliphatic rings. The van der Waals surface area contributed by atoms with Crippen molar-refractivity contribution in [1.82, 2.24) is 14.8 Å². The number of aromatic amines is 1. The average molecular weight is 339 g/mol. The lowest BCUT2D eigenvalue weighted by molar-refractivity contribution is -0.166. The summed E-state index contributed by atoms with van der Waals surface area (Å²) in [6.07, 6.45) is 3.93. The van der Waals surface area contributed by atoms with Crippen molar-refractivity contribution in [2.45, 2.75) is 45.1 Å². The molecule has 1 aromatic carbocycles. The van der Waals surface area contributed by atoms with E-state index in [0.29, 0.717) is 13.1 Å². The van der Waals surface area contributed by atoms with Crippen molar-refractivity contribution in [3.63, 3.8) is 0 Å². The number of nitrogens with one attached hydrogen (secondary N) is 1. The van der Waals surface area contributed by atoms with Gasteiger partial charge in [-0.25, -0.2) is 0 Å². The average Bonchev–Trinajstić information content (AvgIpc) is 3.00. The summed E-state index contributed by atoms with van der Waals surface area (Å²) < 4.78 is 0. The molecule has 1 fully saturated rings. The van der Waals surface area contributed by atoms with Gasteiger partial charge in [-0.3, -0.25) is 9.59 Å². The van der Waals surface area contributed by atoms with E-state index in [9.17, 15) is 9.59 Å². The zero-order valence-corrected chi connectivity index (χ0v) is 15.0. The summed E-state index contributed by atoms with van der Waals surface area (Å²) in [5.74, 6) is 0.110. The molecule has 0 radical (unpaired) electrons. The van der Waals surface area contributed by atoms with Crippen LogP contribution in [0.15, 0.2) is 24.3 Å². The fourth-order valence-electron chi connectivity index (χ4n) is 4.42. The van der Waals surface area contributed by atoms with E-state index in [2.05, 4.69) is 18.0 Å². The molecule has 132 valence electrons. The number of piperazine rings is 1. The molecule has 0 unspecified atom stereocenters. The van der Waals surface area contributed by atoms with E-state index in [-0.39, 0.29) is 18.4 Å². The number of unbranched alkanes of at least 4 members (excludes halogenated alkanes) is 2. The van der Waals surface area contributed by atoms with Crippen LogP contribution < -0.4 is 0 Å². The van der Waals surface area contributed by atoms with Crippen LogP contribution in [0, 0.1) is 0 Å². The molecule has 0 saturated carbocycles. The summed E-state index contributed by atoms with van der Waals surface area (Å²) in [5.41, 5.74) is 2.22. The molecule has 0 bridgehead atoms. The number of amides is 2. The highest BCUT2D eigenvalue weighted by Crippen LogP contribution is 2.41. The number of rotatable bonds is 4. The second-order valence-corrected chi connectivity index (χ2v) is 7.33. The molecule has 2 aromatic rings. The third-order valence-electron chi connectivity index (χ3n) is 5.79. The molecular formula is C20H25N3O2. The first kappa shape index (κ1) is 16.2. The SMILES string of the molecule is CCCCCN1CC(=O)N2CCc3c([nH]c4ccccc34)[C@@]2(C)C1=O. The topological polar surface area (TPSA) is 56.4 Å². The van der Waals surface area contributed by atoms with Crippen molar-refractivity contribution >= 4 is 22.7 Å². The maximum absolute atomic E-state index is 13.4. The Kier molecular flexibility index (Phi) is 3.82. The number of fused-ring (bicyclic) bond motifs is 5. The fourth-order valence-corrected chi connectivity index (χ4v) is 4.42. The molecule has 1 saturated heterocycles. The van der Waals surface area contributed by atoms with Gasteiger partial charge in [0.1, 0.15) is 0 Å². The summed E-state index contributed by atoms with van der Waals surface area (Å²) in [7, 11) is 0. The highest BCUT2D eigenvalue weighted by Gasteiger charge is 2.53. The van der Waals surface area contributed by atoms with Crippen molar-refractivity contribution < 1.29 is 9.59 Å². The van der Waals surface area contributed by atoms with Gasteiger partial charge < -0.3 is 14.8 Å². The van der Waals surface area contributed by atoms with Crippen LogP contribution in [0.25, 0.3) is 10.9 Å². The van der Waals surface area contributed by atoms with Gasteiger partial charge in [-0.05, 0) is 31.4 Å². The zero-order chi connectivity index (χ0) is 17.6.